The first kappa shape index (κ1) is 14.6. The molecular weight excluding hydrogens is 281 g/mol. The summed E-state index contributed by atoms with van der Waals surface area (Å²) in [5, 5.41) is 0. The summed E-state index contributed by atoms with van der Waals surface area (Å²) < 4.78 is 12.9. The molecule has 0 unspecified atom stereocenters. The van der Waals surface area contributed by atoms with Gasteiger partial charge < -0.3 is 4.90 Å². The van der Waals surface area contributed by atoms with Gasteiger partial charge >= 0.3 is 0 Å². The molecule has 1 aliphatic heterocycles. The van der Waals surface area contributed by atoms with Gasteiger partial charge in [0.2, 0.25) is 5.91 Å². The van der Waals surface area contributed by atoms with Gasteiger partial charge in [-0.15, -0.1) is 0 Å². The molecule has 0 spiro atoms. The van der Waals surface area contributed by atoms with Crippen molar-refractivity contribution in [3.05, 3.63) is 58.9 Å². The molecule has 1 aromatic heterocycles. The third kappa shape index (κ3) is 3.13. The highest BCUT2D eigenvalue weighted by molar-refractivity contribution is 5.78. The Morgan fingerprint density at radius 3 is 2.68 bits per heavy atom. The number of nitrogens with zero attached hydrogens (tertiary/aromatic N) is 3. The molecule has 114 valence electrons. The number of amides is 1. The smallest absolute Gasteiger partial charge is 0.227 e. The Bertz CT molecular complexity index is 685. The van der Waals surface area contributed by atoms with E-state index in [9.17, 15) is 9.18 Å². The molecule has 3 rings (SSSR count). The standard InChI is InChI=1S/C17H18FN3O/c1-12-15-6-8-21(9-7-16(15)20-11-19-12)17(22)10-13-2-4-14(18)5-3-13/h2-5,11H,6-10H2,1H3. The van der Waals surface area contributed by atoms with Crippen molar-refractivity contribution >= 4 is 5.91 Å². The number of carbonyl (C=O) groups excluding carboxylic acids is 1. The molecule has 5 heteroatoms. The molecule has 2 aromatic rings. The number of benzene rings is 1. The van der Waals surface area contributed by atoms with Gasteiger partial charge in [-0.1, -0.05) is 12.1 Å². The Labute approximate surface area is 129 Å². The van der Waals surface area contributed by atoms with Crippen LogP contribution in [0.5, 0.6) is 0 Å². The van der Waals surface area contributed by atoms with E-state index in [2.05, 4.69) is 9.97 Å². The summed E-state index contributed by atoms with van der Waals surface area (Å²) >= 11 is 0. The lowest BCUT2D eigenvalue weighted by molar-refractivity contribution is -0.130. The summed E-state index contributed by atoms with van der Waals surface area (Å²) in [6.07, 6.45) is 3.44. The molecule has 0 fully saturated rings. The maximum Gasteiger partial charge on any atom is 0.227 e. The van der Waals surface area contributed by atoms with Crippen LogP contribution in [0.15, 0.2) is 30.6 Å². The van der Waals surface area contributed by atoms with Gasteiger partial charge in [-0.05, 0) is 36.6 Å². The Morgan fingerprint density at radius 1 is 1.18 bits per heavy atom. The van der Waals surface area contributed by atoms with Crippen LogP contribution in [-0.2, 0) is 24.1 Å². The summed E-state index contributed by atoms with van der Waals surface area (Å²) in [6.45, 7) is 3.33. The van der Waals surface area contributed by atoms with Crippen molar-refractivity contribution in [2.75, 3.05) is 13.1 Å². The van der Waals surface area contributed by atoms with Crippen LogP contribution in [0, 0.1) is 12.7 Å². The number of hydrogen-bond acceptors (Lipinski definition) is 3. The minimum absolute atomic E-state index is 0.0741. The zero-order valence-corrected chi connectivity index (χ0v) is 12.6. The summed E-state index contributed by atoms with van der Waals surface area (Å²) in [7, 11) is 0. The molecule has 0 bridgehead atoms. The van der Waals surface area contributed by atoms with E-state index in [4.69, 9.17) is 0 Å². The van der Waals surface area contributed by atoms with Crippen molar-refractivity contribution in [3.63, 3.8) is 0 Å². The molecule has 0 saturated carbocycles. The van der Waals surface area contributed by atoms with Crippen LogP contribution < -0.4 is 0 Å². The molecular formula is C17H18FN3O. The number of aromatic nitrogens is 2. The summed E-state index contributed by atoms with van der Waals surface area (Å²) in [5.74, 6) is -0.208. The molecule has 0 saturated heterocycles. The van der Waals surface area contributed by atoms with Crippen molar-refractivity contribution in [2.45, 2.75) is 26.2 Å². The topological polar surface area (TPSA) is 46.1 Å². The predicted octanol–water partition coefficient (Wildman–Crippen LogP) is 2.09. The fourth-order valence-corrected chi connectivity index (χ4v) is 2.83. The molecule has 2 heterocycles. The molecule has 1 aromatic carbocycles. The average molecular weight is 299 g/mol. The van der Waals surface area contributed by atoms with Crippen molar-refractivity contribution in [1.82, 2.24) is 14.9 Å². The van der Waals surface area contributed by atoms with Gasteiger partial charge in [-0.2, -0.15) is 0 Å². The van der Waals surface area contributed by atoms with E-state index >= 15 is 0 Å². The second-order valence-electron chi connectivity index (χ2n) is 5.57. The van der Waals surface area contributed by atoms with Crippen molar-refractivity contribution in [3.8, 4) is 0 Å². The average Bonchev–Trinajstić information content (AvgIpc) is 2.73. The van der Waals surface area contributed by atoms with Crippen LogP contribution in [0.25, 0.3) is 0 Å². The van der Waals surface area contributed by atoms with E-state index in [-0.39, 0.29) is 11.7 Å². The molecule has 0 N–H and O–H groups in total. The normalized spacial score (nSPS) is 14.4. The molecule has 1 aliphatic rings. The van der Waals surface area contributed by atoms with Crippen LogP contribution in [0.2, 0.25) is 0 Å². The third-order valence-electron chi connectivity index (χ3n) is 4.12. The Morgan fingerprint density at radius 2 is 1.91 bits per heavy atom. The first-order valence-corrected chi connectivity index (χ1v) is 7.45. The monoisotopic (exact) mass is 299 g/mol. The van der Waals surface area contributed by atoms with Gasteiger partial charge in [-0.3, -0.25) is 4.79 Å². The Balaban J connectivity index is 1.68. The second-order valence-corrected chi connectivity index (χ2v) is 5.57. The number of rotatable bonds is 2. The summed E-state index contributed by atoms with van der Waals surface area (Å²) in [4.78, 5) is 22.9. The van der Waals surface area contributed by atoms with E-state index in [1.54, 1.807) is 18.5 Å². The highest BCUT2D eigenvalue weighted by Gasteiger charge is 2.20. The van der Waals surface area contributed by atoms with E-state index in [1.807, 2.05) is 11.8 Å². The fraction of sp³-hybridized carbons (Fsp3) is 0.353. The highest BCUT2D eigenvalue weighted by Crippen LogP contribution is 2.16. The van der Waals surface area contributed by atoms with Crippen LogP contribution in [0.4, 0.5) is 4.39 Å². The lowest BCUT2D eigenvalue weighted by atomic mass is 10.1. The van der Waals surface area contributed by atoms with Gasteiger partial charge in [0.05, 0.1) is 6.42 Å². The van der Waals surface area contributed by atoms with Crippen LogP contribution in [-0.4, -0.2) is 33.9 Å². The number of fused-ring (bicyclic) bond motifs is 1. The molecule has 0 atom stereocenters. The van der Waals surface area contributed by atoms with Gasteiger partial charge in [0.15, 0.2) is 0 Å². The molecule has 0 radical (unpaired) electrons. The molecule has 22 heavy (non-hydrogen) atoms. The first-order valence-electron chi connectivity index (χ1n) is 7.45. The van der Waals surface area contributed by atoms with Crippen molar-refractivity contribution < 1.29 is 9.18 Å². The number of hydrogen-bond donors (Lipinski definition) is 0. The fourth-order valence-electron chi connectivity index (χ4n) is 2.83. The third-order valence-corrected chi connectivity index (χ3v) is 4.12. The lowest BCUT2D eigenvalue weighted by Crippen LogP contribution is -2.34. The minimum atomic E-state index is -0.282. The zero-order valence-electron chi connectivity index (χ0n) is 12.6. The van der Waals surface area contributed by atoms with Gasteiger partial charge in [0, 0.05) is 30.9 Å². The highest BCUT2D eigenvalue weighted by atomic mass is 19.1. The van der Waals surface area contributed by atoms with Crippen molar-refractivity contribution in [1.29, 1.82) is 0 Å². The summed E-state index contributed by atoms with van der Waals surface area (Å²) in [5.41, 5.74) is 4.05. The SMILES string of the molecule is Cc1ncnc2c1CCN(C(=O)Cc1ccc(F)cc1)CC2. The quantitative estimate of drug-likeness (QED) is 0.853. The molecule has 1 amide bonds. The predicted molar refractivity (Wildman–Crippen MR) is 80.9 cm³/mol. The number of carbonyl (C=O) groups is 1. The number of halogens is 1. The van der Waals surface area contributed by atoms with Crippen molar-refractivity contribution in [2.24, 2.45) is 0 Å². The van der Waals surface area contributed by atoms with E-state index in [0.717, 1.165) is 29.8 Å². The van der Waals surface area contributed by atoms with Crippen LogP contribution in [0.3, 0.4) is 0 Å². The second kappa shape index (κ2) is 6.22. The maximum absolute atomic E-state index is 12.9. The summed E-state index contributed by atoms with van der Waals surface area (Å²) in [6, 6.07) is 6.10. The number of aryl methyl sites for hydroxylation is 1. The van der Waals surface area contributed by atoms with Crippen LogP contribution in [0.1, 0.15) is 22.5 Å². The minimum Gasteiger partial charge on any atom is -0.342 e. The van der Waals surface area contributed by atoms with Gasteiger partial charge in [-0.25, -0.2) is 14.4 Å². The maximum atomic E-state index is 12.9. The zero-order chi connectivity index (χ0) is 15.5. The molecule has 0 aliphatic carbocycles. The largest absolute Gasteiger partial charge is 0.342 e. The van der Waals surface area contributed by atoms with E-state index < -0.39 is 0 Å². The first-order chi connectivity index (χ1) is 10.6. The van der Waals surface area contributed by atoms with E-state index in [1.165, 1.54) is 17.7 Å². The Kier molecular flexibility index (Phi) is 4.13. The van der Waals surface area contributed by atoms with Gasteiger partial charge in [0.25, 0.3) is 0 Å². The molecule has 4 nitrogen and oxygen atoms in total. The van der Waals surface area contributed by atoms with E-state index in [0.29, 0.717) is 19.5 Å². The Hall–Kier alpha value is -2.30. The lowest BCUT2D eigenvalue weighted by Gasteiger charge is -2.20. The van der Waals surface area contributed by atoms with Gasteiger partial charge in [0.1, 0.15) is 12.1 Å². The van der Waals surface area contributed by atoms with Crippen LogP contribution >= 0.6 is 0 Å².